The Morgan fingerprint density at radius 3 is 3.05 bits per heavy atom. The summed E-state index contributed by atoms with van der Waals surface area (Å²) in [6, 6.07) is 2.39. The zero-order chi connectivity index (χ0) is 13.2. The topological polar surface area (TPSA) is 82.1 Å². The van der Waals surface area contributed by atoms with Crippen LogP contribution in [0.25, 0.3) is 0 Å². The van der Waals surface area contributed by atoms with E-state index < -0.39 is 0 Å². The van der Waals surface area contributed by atoms with Crippen LogP contribution in [-0.2, 0) is 0 Å². The predicted octanol–water partition coefficient (Wildman–Crippen LogP) is 0.435. The highest BCUT2D eigenvalue weighted by molar-refractivity contribution is 5.99. The Hall–Kier alpha value is -1.69. The number of nitrogen functional groups attached to an aromatic ring is 1. The van der Waals surface area contributed by atoms with Gasteiger partial charge < -0.3 is 10.6 Å². The molecule has 19 heavy (non-hydrogen) atoms. The maximum atomic E-state index is 7.65. The minimum atomic E-state index is 0.0657. The predicted molar refractivity (Wildman–Crippen MR) is 74.5 cm³/mol. The lowest BCUT2D eigenvalue weighted by Gasteiger charge is -2.44. The minimum absolute atomic E-state index is 0.0657. The lowest BCUT2D eigenvalue weighted by Crippen LogP contribution is -2.55. The molecule has 2 saturated heterocycles. The van der Waals surface area contributed by atoms with Crippen molar-refractivity contribution in [2.75, 3.05) is 31.1 Å². The van der Waals surface area contributed by atoms with Crippen LogP contribution in [0.3, 0.4) is 0 Å². The lowest BCUT2D eigenvalue weighted by atomic mass is 9.99. The van der Waals surface area contributed by atoms with Crippen molar-refractivity contribution in [3.8, 4) is 0 Å². The third kappa shape index (κ3) is 2.40. The Bertz CT molecular complexity index is 474. The molecule has 1 unspecified atom stereocenters. The summed E-state index contributed by atoms with van der Waals surface area (Å²) < 4.78 is 0. The Kier molecular flexibility index (Phi) is 3.33. The van der Waals surface area contributed by atoms with Crippen molar-refractivity contribution in [2.24, 2.45) is 5.73 Å². The van der Waals surface area contributed by atoms with Gasteiger partial charge in [0.1, 0.15) is 5.84 Å². The molecule has 6 heteroatoms. The molecule has 3 heterocycles. The number of piperazine rings is 1. The van der Waals surface area contributed by atoms with Gasteiger partial charge in [0.2, 0.25) is 0 Å². The van der Waals surface area contributed by atoms with E-state index in [9.17, 15) is 0 Å². The van der Waals surface area contributed by atoms with Crippen molar-refractivity contribution in [3.05, 3.63) is 17.8 Å². The Labute approximate surface area is 113 Å². The highest BCUT2D eigenvalue weighted by atomic mass is 15.3. The smallest absolute Gasteiger partial charge is 0.162 e. The molecule has 0 amide bonds. The second kappa shape index (κ2) is 5.13. The van der Waals surface area contributed by atoms with Crippen LogP contribution in [-0.4, -0.2) is 53.2 Å². The van der Waals surface area contributed by atoms with Gasteiger partial charge >= 0.3 is 0 Å². The summed E-state index contributed by atoms with van der Waals surface area (Å²) in [5.74, 6) is 0.830. The number of hydrogen-bond donors (Lipinski definition) is 2. The van der Waals surface area contributed by atoms with Gasteiger partial charge in [-0.1, -0.05) is 6.42 Å². The molecular formula is C13H20N6. The molecule has 0 bridgehead atoms. The van der Waals surface area contributed by atoms with Crippen LogP contribution in [0.1, 0.15) is 24.8 Å². The van der Waals surface area contributed by atoms with E-state index in [0.717, 1.165) is 25.5 Å². The number of aromatic nitrogens is 2. The normalized spacial score (nSPS) is 24.0. The number of hydrogen-bond acceptors (Lipinski definition) is 5. The zero-order valence-corrected chi connectivity index (χ0v) is 11.0. The van der Waals surface area contributed by atoms with Gasteiger partial charge in [0.25, 0.3) is 0 Å². The first kappa shape index (κ1) is 12.3. The van der Waals surface area contributed by atoms with E-state index in [2.05, 4.69) is 20.0 Å². The molecule has 1 atom stereocenters. The van der Waals surface area contributed by atoms with Gasteiger partial charge in [0.15, 0.2) is 5.82 Å². The van der Waals surface area contributed by atoms with Crippen molar-refractivity contribution >= 4 is 11.7 Å². The van der Waals surface area contributed by atoms with Crippen LogP contribution >= 0.6 is 0 Å². The van der Waals surface area contributed by atoms with Gasteiger partial charge in [-0.3, -0.25) is 10.3 Å². The molecule has 3 N–H and O–H groups in total. The molecule has 0 aliphatic carbocycles. The number of nitrogens with zero attached hydrogens (tertiary/aromatic N) is 4. The van der Waals surface area contributed by atoms with E-state index in [0.29, 0.717) is 11.6 Å². The van der Waals surface area contributed by atoms with E-state index in [1.54, 1.807) is 12.3 Å². The summed E-state index contributed by atoms with van der Waals surface area (Å²) in [6.45, 7) is 4.20. The SMILES string of the molecule is N=C(N)c1ccnnc1N1CCN2CCCCC2C1. The molecule has 2 fully saturated rings. The van der Waals surface area contributed by atoms with Crippen LogP contribution in [0.2, 0.25) is 0 Å². The second-order valence-electron chi connectivity index (χ2n) is 5.31. The molecule has 1 aromatic rings. The first-order valence-electron chi connectivity index (χ1n) is 6.91. The van der Waals surface area contributed by atoms with Crippen LogP contribution in [0.15, 0.2) is 12.3 Å². The minimum Gasteiger partial charge on any atom is -0.384 e. The van der Waals surface area contributed by atoms with Gasteiger partial charge in [-0.05, 0) is 25.5 Å². The molecule has 102 valence electrons. The summed E-state index contributed by atoms with van der Waals surface area (Å²) in [5.41, 5.74) is 6.33. The van der Waals surface area contributed by atoms with Crippen LogP contribution in [0.4, 0.5) is 5.82 Å². The first-order chi connectivity index (χ1) is 9.25. The summed E-state index contributed by atoms with van der Waals surface area (Å²) in [6.07, 6.45) is 5.48. The molecule has 2 aliphatic rings. The number of rotatable bonds is 2. The maximum Gasteiger partial charge on any atom is 0.162 e. The van der Waals surface area contributed by atoms with E-state index in [1.165, 1.54) is 25.8 Å². The molecule has 6 nitrogen and oxygen atoms in total. The van der Waals surface area contributed by atoms with Crippen molar-refractivity contribution in [1.29, 1.82) is 5.41 Å². The summed E-state index contributed by atoms with van der Waals surface area (Å²) in [4.78, 5) is 4.81. The number of nitrogens with two attached hydrogens (primary N) is 1. The van der Waals surface area contributed by atoms with Gasteiger partial charge in [-0.25, -0.2) is 0 Å². The fourth-order valence-electron chi connectivity index (χ4n) is 3.12. The number of anilines is 1. The fourth-order valence-corrected chi connectivity index (χ4v) is 3.12. The molecule has 1 aromatic heterocycles. The van der Waals surface area contributed by atoms with Crippen LogP contribution in [0, 0.1) is 5.41 Å². The van der Waals surface area contributed by atoms with Crippen molar-refractivity contribution in [3.63, 3.8) is 0 Å². The van der Waals surface area contributed by atoms with E-state index >= 15 is 0 Å². The third-order valence-corrected chi connectivity index (χ3v) is 4.13. The third-order valence-electron chi connectivity index (χ3n) is 4.13. The van der Waals surface area contributed by atoms with Crippen molar-refractivity contribution in [2.45, 2.75) is 25.3 Å². The number of nitrogens with one attached hydrogen (secondary N) is 1. The highest BCUT2D eigenvalue weighted by Crippen LogP contribution is 2.25. The maximum absolute atomic E-state index is 7.65. The highest BCUT2D eigenvalue weighted by Gasteiger charge is 2.30. The largest absolute Gasteiger partial charge is 0.384 e. The quantitative estimate of drug-likeness (QED) is 0.595. The van der Waals surface area contributed by atoms with E-state index in [-0.39, 0.29) is 5.84 Å². The van der Waals surface area contributed by atoms with Crippen LogP contribution < -0.4 is 10.6 Å². The molecule has 3 rings (SSSR count). The average molecular weight is 260 g/mol. The molecule has 2 aliphatic heterocycles. The summed E-state index contributed by atoms with van der Waals surface area (Å²) >= 11 is 0. The Morgan fingerprint density at radius 1 is 1.32 bits per heavy atom. The van der Waals surface area contributed by atoms with E-state index in [4.69, 9.17) is 11.1 Å². The number of piperidine rings is 1. The second-order valence-corrected chi connectivity index (χ2v) is 5.31. The molecule has 0 spiro atoms. The first-order valence-corrected chi connectivity index (χ1v) is 6.91. The number of fused-ring (bicyclic) bond motifs is 1. The van der Waals surface area contributed by atoms with Crippen molar-refractivity contribution in [1.82, 2.24) is 15.1 Å². The van der Waals surface area contributed by atoms with Gasteiger partial charge in [0.05, 0.1) is 11.8 Å². The fraction of sp³-hybridized carbons (Fsp3) is 0.615. The standard InChI is InChI=1S/C13H20N6/c14-12(15)11-4-5-16-17-13(11)19-8-7-18-6-2-1-3-10(18)9-19/h4-5,10H,1-3,6-9H2,(H3,14,15). The molecule has 0 saturated carbocycles. The van der Waals surface area contributed by atoms with Crippen molar-refractivity contribution < 1.29 is 0 Å². The summed E-state index contributed by atoms with van der Waals surface area (Å²) in [5, 5.41) is 15.8. The average Bonchev–Trinajstić information content (AvgIpc) is 2.46. The lowest BCUT2D eigenvalue weighted by molar-refractivity contribution is 0.133. The zero-order valence-electron chi connectivity index (χ0n) is 11.0. The number of amidine groups is 1. The van der Waals surface area contributed by atoms with Crippen LogP contribution in [0.5, 0.6) is 0 Å². The Morgan fingerprint density at radius 2 is 2.21 bits per heavy atom. The van der Waals surface area contributed by atoms with Gasteiger partial charge in [-0.15, -0.1) is 5.10 Å². The van der Waals surface area contributed by atoms with Gasteiger partial charge in [-0.2, -0.15) is 5.10 Å². The molecule has 0 aromatic carbocycles. The Balaban J connectivity index is 1.81. The molecule has 0 radical (unpaired) electrons. The summed E-state index contributed by atoms with van der Waals surface area (Å²) in [7, 11) is 0. The van der Waals surface area contributed by atoms with E-state index in [1.807, 2.05) is 0 Å². The van der Waals surface area contributed by atoms with Gasteiger partial charge in [0, 0.05) is 25.7 Å². The monoisotopic (exact) mass is 260 g/mol. The molecular weight excluding hydrogens is 240 g/mol.